The highest BCUT2D eigenvalue weighted by Crippen LogP contribution is 2.43. The lowest BCUT2D eigenvalue weighted by molar-refractivity contribution is -0.111. The normalized spacial score (nSPS) is 30.3. The second kappa shape index (κ2) is 4.46. The molecule has 0 saturated heterocycles. The third-order valence-electron chi connectivity index (χ3n) is 3.70. The standard InChI is InChI=1S/C13H24O/c1-10(9-14)7-11-5-6-12(8-11)13(2,3)4/h9-12H,5-8H2,1-4H3. The van der Waals surface area contributed by atoms with Crippen molar-refractivity contribution >= 4 is 6.29 Å². The van der Waals surface area contributed by atoms with Crippen LogP contribution in [0, 0.1) is 23.2 Å². The van der Waals surface area contributed by atoms with Crippen LogP contribution in [0.5, 0.6) is 0 Å². The van der Waals surface area contributed by atoms with Gasteiger partial charge in [-0.25, -0.2) is 0 Å². The van der Waals surface area contributed by atoms with E-state index < -0.39 is 0 Å². The number of aldehydes is 1. The molecule has 1 rings (SSSR count). The zero-order chi connectivity index (χ0) is 10.8. The fraction of sp³-hybridized carbons (Fsp3) is 0.923. The van der Waals surface area contributed by atoms with Gasteiger partial charge in [-0.05, 0) is 36.5 Å². The molecule has 0 heterocycles. The summed E-state index contributed by atoms with van der Waals surface area (Å²) >= 11 is 0. The molecule has 1 saturated carbocycles. The highest BCUT2D eigenvalue weighted by Gasteiger charge is 2.33. The zero-order valence-electron chi connectivity index (χ0n) is 10.0. The molecule has 3 unspecified atom stereocenters. The van der Waals surface area contributed by atoms with Gasteiger partial charge in [-0.3, -0.25) is 0 Å². The summed E-state index contributed by atoms with van der Waals surface area (Å²) < 4.78 is 0. The number of hydrogen-bond donors (Lipinski definition) is 0. The second-order valence-corrected chi connectivity index (χ2v) is 6.09. The van der Waals surface area contributed by atoms with Gasteiger partial charge < -0.3 is 4.79 Å². The van der Waals surface area contributed by atoms with Crippen molar-refractivity contribution in [2.24, 2.45) is 23.2 Å². The minimum absolute atomic E-state index is 0.263. The maximum Gasteiger partial charge on any atom is 0.122 e. The predicted octanol–water partition coefficient (Wildman–Crippen LogP) is 3.67. The molecular formula is C13H24O. The molecule has 0 aromatic heterocycles. The van der Waals surface area contributed by atoms with Crippen LogP contribution < -0.4 is 0 Å². The Balaban J connectivity index is 2.38. The monoisotopic (exact) mass is 196 g/mol. The Hall–Kier alpha value is -0.330. The van der Waals surface area contributed by atoms with Crippen LogP contribution in [0.4, 0.5) is 0 Å². The molecular weight excluding hydrogens is 172 g/mol. The summed E-state index contributed by atoms with van der Waals surface area (Å²) in [6, 6.07) is 0. The van der Waals surface area contributed by atoms with Crippen molar-refractivity contribution in [1.29, 1.82) is 0 Å². The molecule has 0 N–H and O–H groups in total. The maximum absolute atomic E-state index is 10.6. The average molecular weight is 196 g/mol. The lowest BCUT2D eigenvalue weighted by atomic mass is 9.79. The maximum atomic E-state index is 10.6. The summed E-state index contributed by atoms with van der Waals surface area (Å²) in [5.74, 6) is 1.93. The van der Waals surface area contributed by atoms with Crippen LogP contribution in [0.1, 0.15) is 53.4 Å². The van der Waals surface area contributed by atoms with Crippen molar-refractivity contribution in [1.82, 2.24) is 0 Å². The van der Waals surface area contributed by atoms with E-state index in [-0.39, 0.29) is 5.92 Å². The van der Waals surface area contributed by atoms with Gasteiger partial charge >= 0.3 is 0 Å². The fourth-order valence-corrected chi connectivity index (χ4v) is 2.66. The molecule has 0 bridgehead atoms. The van der Waals surface area contributed by atoms with E-state index in [1.165, 1.54) is 19.3 Å². The lowest BCUT2D eigenvalue weighted by Gasteiger charge is -2.27. The Labute approximate surface area is 88.3 Å². The minimum atomic E-state index is 0.263. The topological polar surface area (TPSA) is 17.1 Å². The van der Waals surface area contributed by atoms with Crippen LogP contribution >= 0.6 is 0 Å². The number of hydrogen-bond acceptors (Lipinski definition) is 1. The first-order valence-corrected chi connectivity index (χ1v) is 5.88. The van der Waals surface area contributed by atoms with E-state index >= 15 is 0 Å². The van der Waals surface area contributed by atoms with Crippen molar-refractivity contribution in [2.75, 3.05) is 0 Å². The van der Waals surface area contributed by atoms with Crippen LogP contribution in [0.25, 0.3) is 0 Å². The summed E-state index contributed by atoms with van der Waals surface area (Å²) in [5.41, 5.74) is 0.458. The van der Waals surface area contributed by atoms with E-state index in [0.717, 1.165) is 24.5 Å². The van der Waals surface area contributed by atoms with Gasteiger partial charge in [-0.2, -0.15) is 0 Å². The van der Waals surface area contributed by atoms with Crippen molar-refractivity contribution < 1.29 is 4.79 Å². The van der Waals surface area contributed by atoms with E-state index in [9.17, 15) is 4.79 Å². The molecule has 0 amide bonds. The van der Waals surface area contributed by atoms with Gasteiger partial charge in [0.1, 0.15) is 6.29 Å². The molecule has 0 spiro atoms. The Morgan fingerprint density at radius 3 is 2.43 bits per heavy atom. The van der Waals surface area contributed by atoms with Crippen LogP contribution in [0.3, 0.4) is 0 Å². The molecule has 0 aromatic carbocycles. The van der Waals surface area contributed by atoms with Crippen LogP contribution in [-0.2, 0) is 4.79 Å². The third kappa shape index (κ3) is 3.11. The molecule has 82 valence electrons. The van der Waals surface area contributed by atoms with Gasteiger partial charge in [0.05, 0.1) is 0 Å². The van der Waals surface area contributed by atoms with Crippen molar-refractivity contribution in [3.05, 3.63) is 0 Å². The third-order valence-corrected chi connectivity index (χ3v) is 3.70. The summed E-state index contributed by atoms with van der Waals surface area (Å²) in [7, 11) is 0. The van der Waals surface area contributed by atoms with Gasteiger partial charge in [0.15, 0.2) is 0 Å². The van der Waals surface area contributed by atoms with Gasteiger partial charge in [0, 0.05) is 5.92 Å². The molecule has 1 heteroatoms. The van der Waals surface area contributed by atoms with Gasteiger partial charge in [-0.1, -0.05) is 34.1 Å². The predicted molar refractivity (Wildman–Crippen MR) is 60.1 cm³/mol. The van der Waals surface area contributed by atoms with Gasteiger partial charge in [0.25, 0.3) is 0 Å². The number of carbonyl (C=O) groups excluding carboxylic acids is 1. The van der Waals surface area contributed by atoms with Gasteiger partial charge in [-0.15, -0.1) is 0 Å². The second-order valence-electron chi connectivity index (χ2n) is 6.09. The first kappa shape index (κ1) is 11.7. The summed E-state index contributed by atoms with van der Waals surface area (Å²) in [4.78, 5) is 10.6. The van der Waals surface area contributed by atoms with Crippen LogP contribution in [0.2, 0.25) is 0 Å². The SMILES string of the molecule is CC(C=O)CC1CCC(C(C)(C)C)C1. The quantitative estimate of drug-likeness (QED) is 0.629. The Bertz CT molecular complexity index is 190. The van der Waals surface area contributed by atoms with E-state index in [4.69, 9.17) is 0 Å². The molecule has 1 fully saturated rings. The first-order valence-electron chi connectivity index (χ1n) is 5.88. The summed E-state index contributed by atoms with van der Waals surface area (Å²) in [6.45, 7) is 9.05. The Kier molecular flexibility index (Phi) is 3.74. The first-order chi connectivity index (χ1) is 6.43. The van der Waals surface area contributed by atoms with E-state index in [1.54, 1.807) is 0 Å². The molecule has 1 nitrogen and oxygen atoms in total. The van der Waals surface area contributed by atoms with Crippen molar-refractivity contribution in [3.8, 4) is 0 Å². The molecule has 1 aliphatic carbocycles. The molecule has 1 aliphatic rings. The summed E-state index contributed by atoms with van der Waals surface area (Å²) in [6.07, 6.45) is 6.24. The molecule has 0 aromatic rings. The van der Waals surface area contributed by atoms with Crippen molar-refractivity contribution in [3.63, 3.8) is 0 Å². The van der Waals surface area contributed by atoms with E-state index in [2.05, 4.69) is 20.8 Å². The number of carbonyl (C=O) groups is 1. The van der Waals surface area contributed by atoms with E-state index in [0.29, 0.717) is 5.41 Å². The van der Waals surface area contributed by atoms with Crippen LogP contribution in [-0.4, -0.2) is 6.29 Å². The van der Waals surface area contributed by atoms with E-state index in [1.807, 2.05) is 6.92 Å². The molecule has 0 radical (unpaired) electrons. The largest absolute Gasteiger partial charge is 0.303 e. The molecule has 3 atom stereocenters. The molecule has 14 heavy (non-hydrogen) atoms. The smallest absolute Gasteiger partial charge is 0.122 e. The molecule has 0 aliphatic heterocycles. The Morgan fingerprint density at radius 2 is 2.00 bits per heavy atom. The van der Waals surface area contributed by atoms with Crippen LogP contribution in [0.15, 0.2) is 0 Å². The highest BCUT2D eigenvalue weighted by atomic mass is 16.1. The highest BCUT2D eigenvalue weighted by molar-refractivity contribution is 5.52. The van der Waals surface area contributed by atoms with Crippen molar-refractivity contribution in [2.45, 2.75) is 53.4 Å². The number of rotatable bonds is 3. The van der Waals surface area contributed by atoms with Gasteiger partial charge in [0.2, 0.25) is 0 Å². The zero-order valence-corrected chi connectivity index (χ0v) is 10.0. The minimum Gasteiger partial charge on any atom is -0.303 e. The summed E-state index contributed by atoms with van der Waals surface area (Å²) in [5, 5.41) is 0. The Morgan fingerprint density at radius 1 is 1.36 bits per heavy atom. The fourth-order valence-electron chi connectivity index (χ4n) is 2.66. The lowest BCUT2D eigenvalue weighted by Crippen LogP contribution is -2.17. The average Bonchev–Trinajstić information content (AvgIpc) is 2.51.